The Morgan fingerprint density at radius 1 is 1.12 bits per heavy atom. The molecule has 0 radical (unpaired) electrons. The van der Waals surface area contributed by atoms with Crippen LogP contribution in [0.3, 0.4) is 0 Å². The monoisotopic (exact) mass is 310 g/mol. The molecule has 2 heteroatoms. The van der Waals surface area contributed by atoms with Crippen molar-refractivity contribution in [2.45, 2.75) is 24.3 Å². The second-order valence-electron chi connectivity index (χ2n) is 5.54. The Kier molecular flexibility index (Phi) is 5.96. The topological polar surface area (TPSA) is 28.1 Å². The summed E-state index contributed by atoms with van der Waals surface area (Å²) in [4.78, 5) is 3.71. The summed E-state index contributed by atoms with van der Waals surface area (Å²) in [6, 6.07) is 21.7. The zero-order valence-electron chi connectivity index (χ0n) is 13.4. The number of terminal acetylenes is 1. The van der Waals surface area contributed by atoms with E-state index in [0.717, 1.165) is 11.1 Å². The first-order valence-electron chi connectivity index (χ1n) is 7.75. The third-order valence-corrected chi connectivity index (χ3v) is 4.03. The highest BCUT2D eigenvalue weighted by molar-refractivity contribution is 5.49. The fourth-order valence-electron chi connectivity index (χ4n) is 2.72. The van der Waals surface area contributed by atoms with E-state index >= 15 is 0 Å². The fourth-order valence-corrected chi connectivity index (χ4v) is 2.72. The van der Waals surface area contributed by atoms with Gasteiger partial charge in [-0.2, -0.15) is 5.26 Å². The van der Waals surface area contributed by atoms with Gasteiger partial charge < -0.3 is 0 Å². The molecule has 2 atom stereocenters. The van der Waals surface area contributed by atoms with Crippen LogP contribution in [0.5, 0.6) is 0 Å². The van der Waals surface area contributed by atoms with Crippen molar-refractivity contribution in [3.8, 4) is 18.4 Å². The van der Waals surface area contributed by atoms with Gasteiger partial charge in [-0.15, -0.1) is 12.3 Å². The lowest BCUT2D eigenvalue weighted by Gasteiger charge is -2.23. The minimum atomic E-state index is -1.20. The van der Waals surface area contributed by atoms with Crippen molar-refractivity contribution in [3.63, 3.8) is 0 Å². The highest BCUT2D eigenvalue weighted by atomic mass is 14.8. The molecule has 0 saturated carbocycles. The zero-order chi connectivity index (χ0) is 17.3. The lowest BCUT2D eigenvalue weighted by atomic mass is 9.76. The first-order valence-corrected chi connectivity index (χ1v) is 7.75. The summed E-state index contributed by atoms with van der Waals surface area (Å²) in [5, 5.41) is 9.77. The van der Waals surface area contributed by atoms with Crippen molar-refractivity contribution in [1.29, 1.82) is 5.26 Å². The van der Waals surface area contributed by atoms with Crippen LogP contribution in [0.25, 0.3) is 10.9 Å². The minimum absolute atomic E-state index is 0.313. The lowest BCUT2D eigenvalue weighted by Crippen LogP contribution is -2.30. The first kappa shape index (κ1) is 17.1. The molecule has 0 aliphatic rings. The number of nitrogens with zero attached hydrogens (tertiary/aromatic N) is 2. The van der Waals surface area contributed by atoms with E-state index in [1.165, 1.54) is 0 Å². The molecule has 2 nitrogen and oxygen atoms in total. The molecule has 0 aliphatic heterocycles. The van der Waals surface area contributed by atoms with E-state index in [1.54, 1.807) is 0 Å². The van der Waals surface area contributed by atoms with E-state index in [2.05, 4.69) is 16.8 Å². The highest BCUT2D eigenvalue weighted by Crippen LogP contribution is 2.37. The summed E-state index contributed by atoms with van der Waals surface area (Å²) in [6.07, 6.45) is 10.0. The first-order chi connectivity index (χ1) is 11.8. The van der Waals surface area contributed by atoms with Crippen molar-refractivity contribution < 1.29 is 0 Å². The highest BCUT2D eigenvalue weighted by Gasteiger charge is 2.45. The van der Waals surface area contributed by atoms with Crippen LogP contribution in [-0.4, -0.2) is 5.54 Å². The number of hydrogen-bond donors (Lipinski definition) is 0. The van der Waals surface area contributed by atoms with E-state index in [9.17, 15) is 5.26 Å². The van der Waals surface area contributed by atoms with Crippen molar-refractivity contribution in [3.05, 3.63) is 89.3 Å². The minimum Gasteiger partial charge on any atom is -0.293 e. The predicted molar refractivity (Wildman–Crippen MR) is 97.7 cm³/mol. The molecule has 24 heavy (non-hydrogen) atoms. The van der Waals surface area contributed by atoms with Crippen LogP contribution < -0.4 is 0 Å². The molecule has 0 aromatic heterocycles. The molecule has 0 amide bonds. The fraction of sp³-hybridized carbons (Fsp3) is 0.182. The Morgan fingerprint density at radius 2 is 1.75 bits per heavy atom. The summed E-state index contributed by atoms with van der Waals surface area (Å²) < 4.78 is 0. The van der Waals surface area contributed by atoms with Gasteiger partial charge in [0.05, 0.1) is 12.3 Å². The zero-order valence-corrected chi connectivity index (χ0v) is 13.4. The van der Waals surface area contributed by atoms with Crippen molar-refractivity contribution in [1.82, 2.24) is 0 Å². The number of benzene rings is 2. The number of nitriles is 1. The van der Waals surface area contributed by atoms with Gasteiger partial charge >= 0.3 is 5.54 Å². The van der Waals surface area contributed by atoms with Gasteiger partial charge in [0.2, 0.25) is 0 Å². The van der Waals surface area contributed by atoms with Gasteiger partial charge in [-0.1, -0.05) is 72.8 Å². The molecule has 0 N–H and O–H groups in total. The van der Waals surface area contributed by atoms with Crippen LogP contribution in [0, 0.1) is 30.2 Å². The molecule has 2 aromatic rings. The normalized spacial score (nSPS) is 14.0. The molecule has 2 rings (SSSR count). The maximum atomic E-state index is 9.77. The Morgan fingerprint density at radius 3 is 2.29 bits per heavy atom. The van der Waals surface area contributed by atoms with Gasteiger partial charge in [0.25, 0.3) is 0 Å². The van der Waals surface area contributed by atoms with Gasteiger partial charge in [0.15, 0.2) is 6.07 Å². The summed E-state index contributed by atoms with van der Waals surface area (Å²) in [7, 11) is 0. The molecule has 0 aliphatic carbocycles. The summed E-state index contributed by atoms with van der Waals surface area (Å²) in [5.74, 6) is 2.32. The Hall–Kier alpha value is -3.28. The molecular formula is C22H18N2. The smallest absolute Gasteiger partial charge is 0.293 e. The third-order valence-electron chi connectivity index (χ3n) is 4.03. The molecule has 2 unspecified atom stereocenters. The number of hydrogen-bond acceptors (Lipinski definition) is 1. The standard InChI is InChI=1S/C22H18N2/c1-3-11-21(20-15-8-5-9-16-20)22(18-23,24-2)17-10-14-19-12-6-4-7-13-19/h1,4-10,12-16,21H,11,17H2/b14-10+. The summed E-state index contributed by atoms with van der Waals surface area (Å²) in [6.45, 7) is 7.65. The average Bonchev–Trinajstić information content (AvgIpc) is 2.66. The van der Waals surface area contributed by atoms with E-state index < -0.39 is 5.54 Å². The lowest BCUT2D eigenvalue weighted by molar-refractivity contribution is 0.509. The quantitative estimate of drug-likeness (QED) is 0.540. The van der Waals surface area contributed by atoms with Crippen LogP contribution in [0.2, 0.25) is 0 Å². The van der Waals surface area contributed by atoms with Gasteiger partial charge in [-0.3, -0.25) is 4.85 Å². The SMILES string of the molecule is [C-]#[N+]C(C#N)(C/C=C/c1ccccc1)C(CC#C)c1ccccc1. The second-order valence-corrected chi connectivity index (χ2v) is 5.54. The van der Waals surface area contributed by atoms with Crippen molar-refractivity contribution in [2.24, 2.45) is 0 Å². The van der Waals surface area contributed by atoms with Crippen LogP contribution in [0.4, 0.5) is 0 Å². The molecule has 0 bridgehead atoms. The van der Waals surface area contributed by atoms with Crippen LogP contribution >= 0.6 is 0 Å². The van der Waals surface area contributed by atoms with Gasteiger partial charge in [-0.05, 0) is 11.1 Å². The maximum absolute atomic E-state index is 9.77. The molecule has 0 spiro atoms. The summed E-state index contributed by atoms with van der Waals surface area (Å²) >= 11 is 0. The molecule has 116 valence electrons. The van der Waals surface area contributed by atoms with Gasteiger partial charge in [0, 0.05) is 6.42 Å². The van der Waals surface area contributed by atoms with Crippen molar-refractivity contribution >= 4 is 6.08 Å². The van der Waals surface area contributed by atoms with E-state index in [-0.39, 0.29) is 5.92 Å². The number of rotatable bonds is 6. The van der Waals surface area contributed by atoms with Gasteiger partial charge in [-0.25, -0.2) is 6.57 Å². The third kappa shape index (κ3) is 3.92. The van der Waals surface area contributed by atoms with Crippen LogP contribution in [0.1, 0.15) is 29.9 Å². The maximum Gasteiger partial charge on any atom is 0.326 e. The summed E-state index contributed by atoms with van der Waals surface area (Å²) in [5.41, 5.74) is 0.780. The largest absolute Gasteiger partial charge is 0.326 e. The predicted octanol–water partition coefficient (Wildman–Crippen LogP) is 5.08. The molecular weight excluding hydrogens is 292 g/mol. The van der Waals surface area contributed by atoms with E-state index in [4.69, 9.17) is 13.0 Å². The Labute approximate surface area is 143 Å². The van der Waals surface area contributed by atoms with E-state index in [0.29, 0.717) is 12.8 Å². The van der Waals surface area contributed by atoms with E-state index in [1.807, 2.05) is 72.8 Å². The molecule has 2 aromatic carbocycles. The van der Waals surface area contributed by atoms with Crippen molar-refractivity contribution in [2.75, 3.05) is 0 Å². The Bertz CT molecular complexity index is 785. The molecule has 0 saturated heterocycles. The molecule has 0 fully saturated rings. The van der Waals surface area contributed by atoms with Crippen LogP contribution in [-0.2, 0) is 0 Å². The molecule has 0 heterocycles. The van der Waals surface area contributed by atoms with Crippen LogP contribution in [0.15, 0.2) is 66.7 Å². The Balaban J connectivity index is 2.31. The van der Waals surface area contributed by atoms with Gasteiger partial charge in [0.1, 0.15) is 0 Å². The average molecular weight is 310 g/mol. The second kappa shape index (κ2) is 8.38.